The Kier molecular flexibility index (Phi) is 13.9. The van der Waals surface area contributed by atoms with Gasteiger partial charge in [-0.3, -0.25) is 14.4 Å². The Morgan fingerprint density at radius 2 is 1.55 bits per heavy atom. The molecule has 1 atom stereocenters. The van der Waals surface area contributed by atoms with Gasteiger partial charge in [-0.05, 0) is 137 Å². The van der Waals surface area contributed by atoms with Gasteiger partial charge in [-0.2, -0.15) is 5.21 Å². The van der Waals surface area contributed by atoms with E-state index in [0.717, 1.165) is 61.0 Å². The minimum absolute atomic E-state index is 0.0842. The summed E-state index contributed by atoms with van der Waals surface area (Å²) in [4.78, 5) is 55.7. The molecule has 1 saturated heterocycles. The predicted octanol–water partition coefficient (Wildman–Crippen LogP) is 6.13. The van der Waals surface area contributed by atoms with Crippen LogP contribution in [0.1, 0.15) is 89.1 Å². The van der Waals surface area contributed by atoms with E-state index in [4.69, 9.17) is 4.74 Å². The van der Waals surface area contributed by atoms with Gasteiger partial charge in [0.2, 0.25) is 17.6 Å². The van der Waals surface area contributed by atoms with Crippen molar-refractivity contribution < 1.29 is 23.9 Å². The normalized spacial score (nSPS) is 18.2. The number of carbonyl (C=O) groups is 4. The van der Waals surface area contributed by atoms with Crippen LogP contribution < -0.4 is 21.3 Å². The highest BCUT2D eigenvalue weighted by molar-refractivity contribution is 5.98. The molecule has 1 aliphatic carbocycles. The molecule has 58 heavy (non-hydrogen) atoms. The summed E-state index contributed by atoms with van der Waals surface area (Å²) in [5, 5.41) is 26.2. The van der Waals surface area contributed by atoms with E-state index in [1.165, 1.54) is 0 Å². The van der Waals surface area contributed by atoms with Gasteiger partial charge in [0.25, 0.3) is 5.91 Å². The number of nitrogens with one attached hydrogen (secondary N) is 5. The number of anilines is 1. The highest BCUT2D eigenvalue weighted by Crippen LogP contribution is 2.29. The lowest BCUT2D eigenvalue weighted by atomic mass is 9.81. The number of piperidine rings is 1. The van der Waals surface area contributed by atoms with E-state index < -0.39 is 17.7 Å². The smallest absolute Gasteiger partial charge is 0.407 e. The molecule has 4 amide bonds. The minimum atomic E-state index is -0.870. The van der Waals surface area contributed by atoms with E-state index in [9.17, 15) is 19.2 Å². The molecule has 2 heterocycles. The molecule has 14 heteroatoms. The second kappa shape index (κ2) is 19.2. The molecule has 2 fully saturated rings. The minimum Gasteiger partial charge on any atom is -0.444 e. The number of hydrogen-bond acceptors (Lipinski definition) is 9. The molecule has 0 radical (unpaired) electrons. The topological polar surface area (TPSA) is 183 Å². The van der Waals surface area contributed by atoms with Crippen molar-refractivity contribution in [2.45, 2.75) is 103 Å². The molecule has 14 nitrogen and oxygen atoms in total. The molecule has 2 aliphatic rings. The first-order valence-electron chi connectivity index (χ1n) is 20.5. The summed E-state index contributed by atoms with van der Waals surface area (Å²) in [6, 6.07) is 22.3. The van der Waals surface area contributed by atoms with Crippen molar-refractivity contribution in [1.29, 1.82) is 0 Å². The molecular weight excluding hydrogens is 735 g/mol. The average molecular weight is 792 g/mol. The van der Waals surface area contributed by atoms with Crippen LogP contribution in [0.2, 0.25) is 0 Å². The van der Waals surface area contributed by atoms with Crippen molar-refractivity contribution in [2.75, 3.05) is 25.0 Å². The maximum absolute atomic E-state index is 14.0. The Bertz CT molecular complexity index is 2000. The first-order chi connectivity index (χ1) is 27.8. The first-order valence-corrected chi connectivity index (χ1v) is 20.5. The van der Waals surface area contributed by atoms with Crippen LogP contribution in [0.25, 0.3) is 22.5 Å². The van der Waals surface area contributed by atoms with Crippen LogP contribution in [0.15, 0.2) is 72.8 Å². The van der Waals surface area contributed by atoms with E-state index in [1.807, 2.05) is 69.3 Å². The quantitative estimate of drug-likeness (QED) is 0.106. The highest BCUT2D eigenvalue weighted by Gasteiger charge is 2.31. The molecule has 0 bridgehead atoms. The van der Waals surface area contributed by atoms with E-state index >= 15 is 0 Å². The van der Waals surface area contributed by atoms with E-state index in [0.29, 0.717) is 42.5 Å². The fourth-order valence-corrected chi connectivity index (χ4v) is 7.67. The fraction of sp³-hybridized carbons (Fsp3) is 0.477. The number of tetrazole rings is 1. The summed E-state index contributed by atoms with van der Waals surface area (Å²) in [6.07, 6.45) is 4.50. The van der Waals surface area contributed by atoms with Gasteiger partial charge in [0.05, 0.1) is 0 Å². The molecule has 1 aliphatic heterocycles. The average Bonchev–Trinajstić information content (AvgIpc) is 3.75. The second-order valence-corrected chi connectivity index (χ2v) is 16.8. The van der Waals surface area contributed by atoms with Crippen molar-refractivity contribution >= 4 is 29.5 Å². The summed E-state index contributed by atoms with van der Waals surface area (Å²) < 4.78 is 5.37. The van der Waals surface area contributed by atoms with Gasteiger partial charge >= 0.3 is 6.09 Å². The van der Waals surface area contributed by atoms with Crippen molar-refractivity contribution in [1.82, 2.24) is 41.5 Å². The lowest BCUT2D eigenvalue weighted by Gasteiger charge is -2.34. The third-order valence-corrected chi connectivity index (χ3v) is 11.0. The number of hydrogen-bond donors (Lipinski definition) is 5. The largest absolute Gasteiger partial charge is 0.444 e. The number of rotatable bonds is 13. The zero-order valence-corrected chi connectivity index (χ0v) is 34.2. The number of nitrogens with zero attached hydrogens (tertiary/aromatic N) is 4. The molecule has 5 N–H and O–H groups in total. The monoisotopic (exact) mass is 791 g/mol. The molecule has 1 aromatic heterocycles. The third kappa shape index (κ3) is 11.9. The van der Waals surface area contributed by atoms with E-state index in [2.05, 4.69) is 60.6 Å². The van der Waals surface area contributed by atoms with Gasteiger partial charge in [-0.15, -0.1) is 10.2 Å². The van der Waals surface area contributed by atoms with Gasteiger partial charge in [-0.25, -0.2) is 4.79 Å². The van der Waals surface area contributed by atoms with Crippen molar-refractivity contribution in [2.24, 2.45) is 11.8 Å². The number of carbonyl (C=O) groups excluding carboxylic acids is 4. The predicted molar refractivity (Wildman–Crippen MR) is 223 cm³/mol. The van der Waals surface area contributed by atoms with Gasteiger partial charge < -0.3 is 30.9 Å². The van der Waals surface area contributed by atoms with Gasteiger partial charge in [-0.1, -0.05) is 36.4 Å². The summed E-state index contributed by atoms with van der Waals surface area (Å²) in [6.45, 7) is 12.3. The van der Waals surface area contributed by atoms with Crippen molar-refractivity contribution in [3.05, 3.63) is 83.9 Å². The Balaban J connectivity index is 1.12. The first kappa shape index (κ1) is 42.0. The Morgan fingerprint density at radius 1 is 0.862 bits per heavy atom. The Labute approximate surface area is 340 Å². The standard InChI is InChI=1S/C44H57N9O5/c1-28(2)53-22-20-37(21-23-53)46-41(55)35-11-7-10-34(26-35)33-9-6-8-30(24-33)25-38(42(56)47-36-18-16-31(17-19-36)39-49-51-52-50-39)48-40(54)32-14-12-29(13-15-32)27-45-43(57)58-44(3,4)5/h6-11,16-19,24,26,28-29,32,37-38H,12-15,20-23,25,27H2,1-5H3,(H,45,57)(H,46,55)(H,47,56)(H,48,54)(H,49,50,51,52). The number of alkyl carbamates (subject to hydrolysis) is 1. The Hall–Kier alpha value is -5.63. The zero-order valence-electron chi connectivity index (χ0n) is 34.2. The maximum Gasteiger partial charge on any atom is 0.407 e. The van der Waals surface area contributed by atoms with Crippen LogP contribution in [0.3, 0.4) is 0 Å². The molecule has 3 aromatic carbocycles. The van der Waals surface area contributed by atoms with Crippen LogP contribution in [0.5, 0.6) is 0 Å². The summed E-state index contributed by atoms with van der Waals surface area (Å²) in [7, 11) is 0. The van der Waals surface area contributed by atoms with Crippen molar-refractivity contribution in [3.63, 3.8) is 0 Å². The molecule has 308 valence electrons. The molecule has 0 spiro atoms. The summed E-state index contributed by atoms with van der Waals surface area (Å²) in [5.74, 6) is -0.187. The zero-order chi connectivity index (χ0) is 41.2. The number of ether oxygens (including phenoxy) is 1. The van der Waals surface area contributed by atoms with Crippen LogP contribution >= 0.6 is 0 Å². The second-order valence-electron chi connectivity index (χ2n) is 16.8. The molecule has 4 aromatic rings. The van der Waals surface area contributed by atoms with E-state index in [1.54, 1.807) is 24.3 Å². The lowest BCUT2D eigenvalue weighted by molar-refractivity contribution is -0.130. The number of aromatic amines is 1. The fourth-order valence-electron chi connectivity index (χ4n) is 7.67. The molecular formula is C44H57N9O5. The van der Waals surface area contributed by atoms with E-state index in [-0.39, 0.29) is 42.0 Å². The molecule has 1 unspecified atom stereocenters. The SMILES string of the molecule is CC(C)N1CCC(NC(=O)c2cccc(-c3cccc(CC(NC(=O)C4CCC(CNC(=O)OC(C)(C)C)CC4)C(=O)Nc4ccc(-c5nn[nH]n5)cc4)c3)c2)CC1. The number of likely N-dealkylation sites (tertiary alicyclic amines) is 1. The number of benzene rings is 3. The third-order valence-electron chi connectivity index (χ3n) is 11.0. The van der Waals surface area contributed by atoms with Gasteiger partial charge in [0, 0.05) is 60.9 Å². The van der Waals surface area contributed by atoms with Crippen LogP contribution in [0, 0.1) is 11.8 Å². The summed E-state index contributed by atoms with van der Waals surface area (Å²) in [5.41, 5.74) is 3.96. The molecule has 6 rings (SSSR count). The van der Waals surface area contributed by atoms with Crippen molar-refractivity contribution in [3.8, 4) is 22.5 Å². The number of aromatic nitrogens is 4. The number of H-pyrrole nitrogens is 1. The maximum atomic E-state index is 14.0. The van der Waals surface area contributed by atoms with Crippen LogP contribution in [-0.2, 0) is 20.7 Å². The van der Waals surface area contributed by atoms with Gasteiger partial charge in [0.1, 0.15) is 11.6 Å². The summed E-state index contributed by atoms with van der Waals surface area (Å²) >= 11 is 0. The van der Waals surface area contributed by atoms with Crippen LogP contribution in [0.4, 0.5) is 10.5 Å². The molecule has 1 saturated carbocycles. The lowest BCUT2D eigenvalue weighted by Crippen LogP contribution is -2.48. The highest BCUT2D eigenvalue weighted by atomic mass is 16.6. The van der Waals surface area contributed by atoms with Gasteiger partial charge in [0.15, 0.2) is 0 Å². The van der Waals surface area contributed by atoms with Crippen LogP contribution in [-0.4, -0.2) is 92.7 Å². The Morgan fingerprint density at radius 3 is 2.21 bits per heavy atom. The number of amides is 4.